The number of ether oxygens (including phenoxy) is 1. The van der Waals surface area contributed by atoms with Crippen LogP contribution in [0.2, 0.25) is 0 Å². The van der Waals surface area contributed by atoms with Gasteiger partial charge in [0.1, 0.15) is 5.60 Å². The molecule has 0 aromatic rings. The molecule has 12 heavy (non-hydrogen) atoms. The average Bonchev–Trinajstić information content (AvgIpc) is 1.85. The summed E-state index contributed by atoms with van der Waals surface area (Å²) in [5, 5.41) is 0. The second-order valence-corrected chi connectivity index (χ2v) is 3.37. The van der Waals surface area contributed by atoms with E-state index < -0.39 is 11.7 Å². The van der Waals surface area contributed by atoms with Crippen LogP contribution in [0.5, 0.6) is 0 Å². The van der Waals surface area contributed by atoms with Crippen LogP contribution in [-0.2, 0) is 9.53 Å². The molecule has 0 unspecified atom stereocenters. The quantitative estimate of drug-likeness (QED) is 0.593. The van der Waals surface area contributed by atoms with Crippen molar-refractivity contribution in [1.29, 1.82) is 0 Å². The van der Waals surface area contributed by atoms with Gasteiger partial charge >= 0.3 is 6.09 Å². The summed E-state index contributed by atoms with van der Waals surface area (Å²) in [7, 11) is 0. The van der Waals surface area contributed by atoms with Gasteiger partial charge in [0, 0.05) is 6.54 Å². The van der Waals surface area contributed by atoms with Gasteiger partial charge in [0.2, 0.25) is 6.41 Å². The third-order valence-corrected chi connectivity index (χ3v) is 1.10. The zero-order valence-corrected chi connectivity index (χ0v) is 7.96. The summed E-state index contributed by atoms with van der Waals surface area (Å²) < 4.78 is 4.94. The highest BCUT2D eigenvalue weighted by Gasteiger charge is 2.20. The SMILES string of the molecule is CCN(C=O)C(=O)OC(C)(C)C. The Morgan fingerprint density at radius 2 is 2.00 bits per heavy atom. The van der Waals surface area contributed by atoms with Gasteiger partial charge in [-0.05, 0) is 27.7 Å². The Morgan fingerprint density at radius 1 is 1.50 bits per heavy atom. The predicted octanol–water partition coefficient (Wildman–Crippen LogP) is 1.40. The van der Waals surface area contributed by atoms with E-state index in [1.54, 1.807) is 27.7 Å². The Morgan fingerprint density at radius 3 is 2.25 bits per heavy atom. The molecule has 0 aromatic heterocycles. The summed E-state index contributed by atoms with van der Waals surface area (Å²) >= 11 is 0. The largest absolute Gasteiger partial charge is 0.443 e. The van der Waals surface area contributed by atoms with Gasteiger partial charge in [-0.25, -0.2) is 4.79 Å². The molecule has 0 radical (unpaired) electrons. The number of rotatable bonds is 2. The van der Waals surface area contributed by atoms with E-state index in [1.165, 1.54) is 0 Å². The summed E-state index contributed by atoms with van der Waals surface area (Å²) in [6, 6.07) is 0. The van der Waals surface area contributed by atoms with E-state index in [-0.39, 0.29) is 0 Å². The molecule has 0 saturated carbocycles. The van der Waals surface area contributed by atoms with Crippen molar-refractivity contribution in [3.8, 4) is 0 Å². The first-order chi connectivity index (χ1) is 5.40. The van der Waals surface area contributed by atoms with Gasteiger partial charge in [0.25, 0.3) is 0 Å². The van der Waals surface area contributed by atoms with Gasteiger partial charge < -0.3 is 4.74 Å². The molecule has 0 aliphatic carbocycles. The lowest BCUT2D eigenvalue weighted by atomic mass is 10.2. The average molecular weight is 173 g/mol. The Bertz CT molecular complexity index is 172. The Labute approximate surface area is 72.5 Å². The highest BCUT2D eigenvalue weighted by Crippen LogP contribution is 2.08. The molecule has 0 aliphatic rings. The van der Waals surface area contributed by atoms with Crippen molar-refractivity contribution in [3.63, 3.8) is 0 Å². The second kappa shape index (κ2) is 4.09. The van der Waals surface area contributed by atoms with Gasteiger partial charge in [-0.2, -0.15) is 0 Å². The van der Waals surface area contributed by atoms with Crippen LogP contribution in [0.4, 0.5) is 4.79 Å². The predicted molar refractivity (Wildman–Crippen MR) is 44.7 cm³/mol. The minimum absolute atomic E-state index is 0.332. The van der Waals surface area contributed by atoms with Crippen molar-refractivity contribution in [2.24, 2.45) is 0 Å². The van der Waals surface area contributed by atoms with Crippen molar-refractivity contribution >= 4 is 12.5 Å². The number of carbonyl (C=O) groups excluding carboxylic acids is 2. The van der Waals surface area contributed by atoms with Crippen LogP contribution in [-0.4, -0.2) is 29.5 Å². The molecule has 0 rings (SSSR count). The van der Waals surface area contributed by atoms with E-state index in [0.29, 0.717) is 13.0 Å². The van der Waals surface area contributed by atoms with Crippen molar-refractivity contribution in [2.75, 3.05) is 6.54 Å². The molecule has 4 nitrogen and oxygen atoms in total. The van der Waals surface area contributed by atoms with Crippen LogP contribution < -0.4 is 0 Å². The monoisotopic (exact) mass is 173 g/mol. The highest BCUT2D eigenvalue weighted by atomic mass is 16.6. The molecule has 0 saturated heterocycles. The zero-order chi connectivity index (χ0) is 9.78. The molecule has 0 spiro atoms. The van der Waals surface area contributed by atoms with Gasteiger partial charge in [-0.1, -0.05) is 0 Å². The van der Waals surface area contributed by atoms with Crippen LogP contribution in [0.3, 0.4) is 0 Å². The minimum atomic E-state index is -0.597. The van der Waals surface area contributed by atoms with E-state index in [9.17, 15) is 9.59 Å². The highest BCUT2D eigenvalue weighted by molar-refractivity contribution is 5.80. The normalized spacial score (nSPS) is 10.7. The maximum atomic E-state index is 11.1. The van der Waals surface area contributed by atoms with Crippen LogP contribution in [0.25, 0.3) is 0 Å². The van der Waals surface area contributed by atoms with Gasteiger partial charge in [0.05, 0.1) is 0 Å². The van der Waals surface area contributed by atoms with E-state index in [4.69, 9.17) is 4.74 Å². The van der Waals surface area contributed by atoms with Crippen LogP contribution in [0, 0.1) is 0 Å². The van der Waals surface area contributed by atoms with Crippen LogP contribution in [0.1, 0.15) is 27.7 Å². The molecule has 0 atom stereocenters. The minimum Gasteiger partial charge on any atom is -0.443 e. The van der Waals surface area contributed by atoms with E-state index in [1.807, 2.05) is 0 Å². The second-order valence-electron chi connectivity index (χ2n) is 3.37. The lowest BCUT2D eigenvalue weighted by Crippen LogP contribution is -2.35. The first-order valence-corrected chi connectivity index (χ1v) is 3.85. The summed E-state index contributed by atoms with van der Waals surface area (Å²) in [5.74, 6) is 0. The van der Waals surface area contributed by atoms with Crippen molar-refractivity contribution in [2.45, 2.75) is 33.3 Å². The number of amides is 2. The van der Waals surface area contributed by atoms with Crippen LogP contribution in [0.15, 0.2) is 0 Å². The van der Waals surface area contributed by atoms with Crippen LogP contribution >= 0.6 is 0 Å². The summed E-state index contributed by atoms with van der Waals surface area (Å²) in [4.78, 5) is 22.4. The third kappa shape index (κ3) is 3.95. The first kappa shape index (κ1) is 10.9. The van der Waals surface area contributed by atoms with E-state index in [2.05, 4.69) is 0 Å². The molecule has 4 heteroatoms. The molecule has 0 bridgehead atoms. The third-order valence-electron chi connectivity index (χ3n) is 1.10. The molecule has 70 valence electrons. The van der Waals surface area contributed by atoms with E-state index in [0.717, 1.165) is 4.90 Å². The Kier molecular flexibility index (Phi) is 3.73. The standard InChI is InChI=1S/C8H15NO3/c1-5-9(6-10)7(11)12-8(2,3)4/h6H,5H2,1-4H3. The van der Waals surface area contributed by atoms with Gasteiger partial charge in [-0.15, -0.1) is 0 Å². The fourth-order valence-corrected chi connectivity index (χ4v) is 0.567. The summed E-state index contributed by atoms with van der Waals surface area (Å²) in [5.41, 5.74) is -0.548. The zero-order valence-electron chi connectivity index (χ0n) is 7.96. The van der Waals surface area contributed by atoms with E-state index >= 15 is 0 Å². The first-order valence-electron chi connectivity index (χ1n) is 3.85. The number of carbonyl (C=O) groups is 2. The van der Waals surface area contributed by atoms with Gasteiger partial charge in [0.15, 0.2) is 0 Å². The molecular formula is C8H15NO3. The molecule has 0 fully saturated rings. The number of hydrogen-bond donors (Lipinski definition) is 0. The Balaban J connectivity index is 4.11. The summed E-state index contributed by atoms with van der Waals surface area (Å²) in [6.45, 7) is 7.30. The van der Waals surface area contributed by atoms with Crippen molar-refractivity contribution in [3.05, 3.63) is 0 Å². The van der Waals surface area contributed by atoms with Gasteiger partial charge in [-0.3, -0.25) is 9.69 Å². The fourth-order valence-electron chi connectivity index (χ4n) is 0.567. The van der Waals surface area contributed by atoms with Crippen molar-refractivity contribution < 1.29 is 14.3 Å². The number of imide groups is 1. The molecule has 0 aromatic carbocycles. The van der Waals surface area contributed by atoms with Crippen molar-refractivity contribution in [1.82, 2.24) is 4.90 Å². The molecule has 0 heterocycles. The summed E-state index contributed by atoms with van der Waals surface area (Å²) in [6.07, 6.45) is -0.131. The number of hydrogen-bond acceptors (Lipinski definition) is 3. The maximum Gasteiger partial charge on any atom is 0.416 e. The lowest BCUT2D eigenvalue weighted by molar-refractivity contribution is -0.117. The molecule has 2 amide bonds. The molecular weight excluding hydrogens is 158 g/mol. The maximum absolute atomic E-state index is 11.1. The Hall–Kier alpha value is -1.06. The topological polar surface area (TPSA) is 46.6 Å². The smallest absolute Gasteiger partial charge is 0.416 e. The fraction of sp³-hybridized carbons (Fsp3) is 0.750. The molecule has 0 aliphatic heterocycles. The number of nitrogens with zero attached hydrogens (tertiary/aromatic N) is 1. The lowest BCUT2D eigenvalue weighted by Gasteiger charge is -2.22. The molecule has 0 N–H and O–H groups in total.